The van der Waals surface area contributed by atoms with Crippen LogP contribution in [0.25, 0.3) is 189 Å². The SMILES string of the molecule is COc1ccc2oc3ccnc(-c4ccc(-c5ccc(-c6cc(-c7cccc(-c8ccc9c(c8)oc8ccc(-c%10ccc(-c%11cc(-c%12ccccc%12)nc(-c%12cccc(-c%13cc%14ccccc%14c%14ccccc%13%14)c%12)n%11)cc%10)cc89)c7)nc(-c7ccccc7)n6)cc5)cc4)c3c2c1. The van der Waals surface area contributed by atoms with Crippen molar-refractivity contribution in [1.82, 2.24) is 24.9 Å². The van der Waals surface area contributed by atoms with Gasteiger partial charge in [-0.15, -0.1) is 0 Å². The summed E-state index contributed by atoms with van der Waals surface area (Å²) in [6.45, 7) is 0. The van der Waals surface area contributed by atoms with E-state index in [1.54, 1.807) is 13.3 Å². The third kappa shape index (κ3) is 10.2. The number of ether oxygens (including phenoxy) is 1. The Morgan fingerprint density at radius 3 is 1.45 bits per heavy atom. The van der Waals surface area contributed by atoms with Crippen LogP contribution < -0.4 is 4.74 Å². The minimum absolute atomic E-state index is 0.654. The van der Waals surface area contributed by atoms with Gasteiger partial charge < -0.3 is 13.6 Å². The van der Waals surface area contributed by atoms with E-state index in [0.717, 1.165) is 156 Å². The molecule has 8 heteroatoms. The molecule has 0 saturated carbocycles. The van der Waals surface area contributed by atoms with E-state index in [4.69, 9.17) is 38.5 Å². The lowest BCUT2D eigenvalue weighted by Gasteiger charge is -2.13. The third-order valence-electron chi connectivity index (χ3n) is 18.5. The summed E-state index contributed by atoms with van der Waals surface area (Å²) in [4.78, 5) is 25.7. The zero-order valence-electron chi connectivity index (χ0n) is 52.0. The van der Waals surface area contributed by atoms with Gasteiger partial charge >= 0.3 is 0 Å². The van der Waals surface area contributed by atoms with Crippen LogP contribution in [0.5, 0.6) is 5.75 Å². The number of fused-ring (bicyclic) bond motifs is 9. The fourth-order valence-electron chi connectivity index (χ4n) is 13.6. The van der Waals surface area contributed by atoms with Gasteiger partial charge in [0.15, 0.2) is 11.6 Å². The molecule has 13 aromatic carbocycles. The summed E-state index contributed by atoms with van der Waals surface area (Å²) in [6, 6.07) is 108. The first kappa shape index (κ1) is 55.9. The molecule has 0 spiro atoms. The van der Waals surface area contributed by atoms with E-state index in [9.17, 15) is 0 Å². The van der Waals surface area contributed by atoms with E-state index in [2.05, 4.69) is 261 Å². The van der Waals surface area contributed by atoms with E-state index in [1.807, 2.05) is 48.5 Å². The lowest BCUT2D eigenvalue weighted by atomic mass is 9.92. The first-order chi connectivity index (χ1) is 47.4. The average molecular weight is 1230 g/mol. The van der Waals surface area contributed by atoms with Crippen LogP contribution in [0.4, 0.5) is 0 Å². The molecule has 0 radical (unpaired) electrons. The Morgan fingerprint density at radius 1 is 0.260 bits per heavy atom. The summed E-state index contributed by atoms with van der Waals surface area (Å²) >= 11 is 0. The van der Waals surface area contributed by atoms with Crippen LogP contribution in [0, 0.1) is 0 Å². The van der Waals surface area contributed by atoms with Gasteiger partial charge in [0.25, 0.3) is 0 Å². The second-order valence-corrected chi connectivity index (χ2v) is 24.3. The number of nitrogens with zero attached hydrogens (tertiary/aromatic N) is 5. The first-order valence-corrected chi connectivity index (χ1v) is 32.1. The number of furan rings is 2. The van der Waals surface area contributed by atoms with E-state index in [-0.39, 0.29) is 0 Å². The molecule has 0 aliphatic heterocycles. The maximum absolute atomic E-state index is 6.64. The summed E-state index contributed by atoms with van der Waals surface area (Å²) < 4.78 is 18.4. The molecule has 0 aliphatic rings. The molecule has 0 N–H and O–H groups in total. The Kier molecular flexibility index (Phi) is 13.6. The highest BCUT2D eigenvalue weighted by atomic mass is 16.5. The summed E-state index contributed by atoms with van der Waals surface area (Å²) in [7, 11) is 1.68. The van der Waals surface area contributed by atoms with E-state index in [1.165, 1.54) is 27.1 Å². The highest BCUT2D eigenvalue weighted by Crippen LogP contribution is 2.42. The molecule has 5 heterocycles. The quantitative estimate of drug-likeness (QED) is 0.112. The highest BCUT2D eigenvalue weighted by molar-refractivity contribution is 6.14. The Labute approximate surface area is 552 Å². The van der Waals surface area contributed by atoms with Crippen LogP contribution in [0.15, 0.2) is 324 Å². The number of rotatable bonds is 12. The van der Waals surface area contributed by atoms with Crippen LogP contribution in [-0.2, 0) is 0 Å². The molecule has 0 atom stereocenters. The first-order valence-electron chi connectivity index (χ1n) is 32.1. The predicted octanol–water partition coefficient (Wildman–Crippen LogP) is 23.1. The summed E-state index contributed by atoms with van der Waals surface area (Å²) in [5.74, 6) is 2.09. The van der Waals surface area contributed by atoms with Gasteiger partial charge in [-0.2, -0.15) is 0 Å². The average Bonchev–Trinajstić information content (AvgIpc) is 1.45. The molecule has 0 bridgehead atoms. The Hall–Kier alpha value is -12.9. The second kappa shape index (κ2) is 23.3. The van der Waals surface area contributed by atoms with Crippen molar-refractivity contribution in [3.05, 3.63) is 316 Å². The van der Waals surface area contributed by atoms with Crippen molar-refractivity contribution in [3.8, 4) is 129 Å². The molecule has 18 aromatic rings. The molecule has 18 rings (SSSR count). The molecule has 5 aromatic heterocycles. The van der Waals surface area contributed by atoms with E-state index in [0.29, 0.717) is 11.6 Å². The van der Waals surface area contributed by atoms with Crippen molar-refractivity contribution in [2.45, 2.75) is 0 Å². The van der Waals surface area contributed by atoms with Gasteiger partial charge in [-0.3, -0.25) is 4.98 Å². The van der Waals surface area contributed by atoms with Crippen LogP contribution in [0.3, 0.4) is 0 Å². The maximum atomic E-state index is 6.64. The maximum Gasteiger partial charge on any atom is 0.160 e. The van der Waals surface area contributed by atoms with Crippen LogP contribution in [0.2, 0.25) is 0 Å². The van der Waals surface area contributed by atoms with Gasteiger partial charge in [-0.05, 0) is 145 Å². The second-order valence-electron chi connectivity index (χ2n) is 24.3. The summed E-state index contributed by atoms with van der Waals surface area (Å²) in [5, 5.41) is 8.95. The van der Waals surface area contributed by atoms with Crippen molar-refractivity contribution in [2.24, 2.45) is 0 Å². The standard InChI is InChI=1S/C88H55N5O3/c1-94-69-40-43-82-76(51-69)85-83(95-82)44-45-89-86(85)60-36-30-55(31-37-60)54-26-32-58(33-27-54)79-53-80(93-87(90-79)61-16-6-3-7-17-61)67-21-12-19-62(46-67)64-38-41-73-75-48-63(39-42-81(75)96-84(73)50-64)56-28-34-59(35-29-56)78-52-77(57-14-4-2-5-15-57)91-88(92-78)68-22-13-20-65(47-68)74-49-66-18-8-9-23-70(66)71-24-10-11-25-72(71)74/h2-53H,1H3. The van der Waals surface area contributed by atoms with Gasteiger partial charge in [0.2, 0.25) is 0 Å². The number of benzene rings is 13. The topological polar surface area (TPSA) is 100.0 Å². The number of methoxy groups -OCH3 is 1. The molecule has 0 aliphatic carbocycles. The fraction of sp³-hybridized carbons (Fsp3) is 0.0114. The lowest BCUT2D eigenvalue weighted by Crippen LogP contribution is -1.96. The van der Waals surface area contributed by atoms with E-state index < -0.39 is 0 Å². The molecule has 96 heavy (non-hydrogen) atoms. The zero-order chi connectivity index (χ0) is 63.6. The number of hydrogen-bond donors (Lipinski definition) is 0. The van der Waals surface area contributed by atoms with Gasteiger partial charge in [-0.1, -0.05) is 231 Å². The van der Waals surface area contributed by atoms with Gasteiger partial charge in [0.05, 0.1) is 41.0 Å². The lowest BCUT2D eigenvalue weighted by molar-refractivity contribution is 0.415. The molecular formula is C88H55N5O3. The predicted molar refractivity (Wildman–Crippen MR) is 391 cm³/mol. The fourth-order valence-corrected chi connectivity index (χ4v) is 13.6. The monoisotopic (exact) mass is 1230 g/mol. The number of pyridine rings is 1. The smallest absolute Gasteiger partial charge is 0.160 e. The molecule has 8 nitrogen and oxygen atoms in total. The van der Waals surface area contributed by atoms with Gasteiger partial charge in [0.1, 0.15) is 28.1 Å². The molecular weight excluding hydrogens is 1170 g/mol. The minimum atomic E-state index is 0.654. The Bertz CT molecular complexity index is 6040. The molecule has 0 saturated heterocycles. The van der Waals surface area contributed by atoms with Crippen molar-refractivity contribution in [2.75, 3.05) is 7.11 Å². The van der Waals surface area contributed by atoms with Crippen molar-refractivity contribution in [3.63, 3.8) is 0 Å². The van der Waals surface area contributed by atoms with Crippen LogP contribution in [0.1, 0.15) is 0 Å². The van der Waals surface area contributed by atoms with Crippen molar-refractivity contribution < 1.29 is 13.6 Å². The summed E-state index contributed by atoms with van der Waals surface area (Å²) in [6.07, 6.45) is 1.80. The molecule has 0 unspecified atom stereocenters. The molecule has 450 valence electrons. The van der Waals surface area contributed by atoms with Gasteiger partial charge in [-0.25, -0.2) is 19.9 Å². The zero-order valence-corrected chi connectivity index (χ0v) is 52.0. The minimum Gasteiger partial charge on any atom is -0.497 e. The van der Waals surface area contributed by atoms with Crippen molar-refractivity contribution in [1.29, 1.82) is 0 Å². The third-order valence-corrected chi connectivity index (χ3v) is 18.5. The van der Waals surface area contributed by atoms with Crippen LogP contribution in [-0.4, -0.2) is 32.0 Å². The van der Waals surface area contributed by atoms with Gasteiger partial charge in [0, 0.05) is 61.3 Å². The van der Waals surface area contributed by atoms with E-state index >= 15 is 0 Å². The Morgan fingerprint density at radius 2 is 0.740 bits per heavy atom. The molecule has 0 fully saturated rings. The number of hydrogen-bond acceptors (Lipinski definition) is 8. The Balaban J connectivity index is 0.621. The largest absolute Gasteiger partial charge is 0.497 e. The van der Waals surface area contributed by atoms with Crippen LogP contribution >= 0.6 is 0 Å². The summed E-state index contributed by atoms with van der Waals surface area (Å²) in [5.41, 5.74) is 23.1. The highest BCUT2D eigenvalue weighted by Gasteiger charge is 2.19. The van der Waals surface area contributed by atoms with Crippen molar-refractivity contribution >= 4 is 65.4 Å². The number of aromatic nitrogens is 5. The normalized spacial score (nSPS) is 11.6. The molecule has 0 amide bonds.